The molecule has 10 nitrogen and oxygen atoms in total. The summed E-state index contributed by atoms with van der Waals surface area (Å²) in [5, 5.41) is 22.6. The van der Waals surface area contributed by atoms with Crippen molar-refractivity contribution >= 4 is 71.3 Å². The molecule has 3 aromatic carbocycles. The summed E-state index contributed by atoms with van der Waals surface area (Å²) in [6, 6.07) is 23.6. The number of nitrogens with zero attached hydrogens (tertiary/aromatic N) is 5. The van der Waals surface area contributed by atoms with Gasteiger partial charge in [0.25, 0.3) is 5.97 Å². The summed E-state index contributed by atoms with van der Waals surface area (Å²) in [6.45, 7) is 1.47. The summed E-state index contributed by atoms with van der Waals surface area (Å²) in [5.41, 5.74) is 3.46. The van der Waals surface area contributed by atoms with Gasteiger partial charge in [0.05, 0.1) is 0 Å². The van der Waals surface area contributed by atoms with Gasteiger partial charge in [0.15, 0.2) is 0 Å². The van der Waals surface area contributed by atoms with Gasteiger partial charge < -0.3 is 9.84 Å². The molecule has 2 N–H and O–H groups in total. The van der Waals surface area contributed by atoms with E-state index in [1.54, 1.807) is 4.68 Å². The predicted octanol–water partition coefficient (Wildman–Crippen LogP) is 3.21. The summed E-state index contributed by atoms with van der Waals surface area (Å²) in [5.74, 6) is -0.508. The van der Waals surface area contributed by atoms with E-state index in [9.17, 15) is 4.79 Å². The molecular formula is C26H21N6NaO4S. The van der Waals surface area contributed by atoms with Gasteiger partial charge in [-0.15, -0.1) is 5.10 Å². The number of aromatic nitrogens is 4. The third-order valence-electron chi connectivity index (χ3n) is 5.04. The van der Waals surface area contributed by atoms with Crippen molar-refractivity contribution in [1.82, 2.24) is 20.2 Å². The number of aliphatic carboxylic acids is 1. The van der Waals surface area contributed by atoms with Crippen molar-refractivity contribution in [3.8, 4) is 11.4 Å². The molecule has 0 aliphatic carbocycles. The molecule has 0 fully saturated rings. The van der Waals surface area contributed by atoms with Crippen LogP contribution in [0, 0.1) is 0 Å². The zero-order chi connectivity index (χ0) is 26.9. The van der Waals surface area contributed by atoms with Gasteiger partial charge in [-0.05, 0) is 16.0 Å². The van der Waals surface area contributed by atoms with Crippen LogP contribution in [0.3, 0.4) is 0 Å². The zero-order valence-corrected chi connectivity index (χ0v) is 23.4. The van der Waals surface area contributed by atoms with Crippen LogP contribution in [0.4, 0.5) is 5.69 Å². The number of carboxylic acid groups (broad SMARTS) is 1. The van der Waals surface area contributed by atoms with Crippen LogP contribution in [0.1, 0.15) is 18.1 Å². The number of rotatable bonds is 6. The molecule has 0 saturated heterocycles. The number of ether oxygens (including phenoxy) is 1. The van der Waals surface area contributed by atoms with Crippen LogP contribution >= 0.6 is 11.8 Å². The molecule has 1 amide bonds. The van der Waals surface area contributed by atoms with E-state index in [0.29, 0.717) is 28.1 Å². The minimum absolute atomic E-state index is 0.275. The van der Waals surface area contributed by atoms with Gasteiger partial charge >= 0.3 is 139 Å². The number of carbonyl (C=O) groups is 2. The number of tetrazole rings is 1. The van der Waals surface area contributed by atoms with E-state index in [1.807, 2.05) is 66.7 Å². The Morgan fingerprint density at radius 2 is 1.87 bits per heavy atom. The first kappa shape index (κ1) is 27.3. The SMILES string of the molecule is CC(=O)O.O=C1N=C(Nc2cc[c]([Na])cc2)S/C1=C/c1ccc(-n2cnnn2)c(OCc2ccccc2)c1. The molecular weight excluding hydrogens is 515 g/mol. The summed E-state index contributed by atoms with van der Waals surface area (Å²) >= 11 is 2.31. The van der Waals surface area contributed by atoms with Crippen LogP contribution in [0.5, 0.6) is 5.75 Å². The molecule has 0 bridgehead atoms. The summed E-state index contributed by atoms with van der Waals surface area (Å²) in [6.07, 6.45) is 3.32. The second-order valence-electron chi connectivity index (χ2n) is 8.10. The van der Waals surface area contributed by atoms with Gasteiger partial charge in [0.1, 0.15) is 18.6 Å². The van der Waals surface area contributed by atoms with Crippen LogP contribution < -0.4 is 12.9 Å². The maximum absolute atomic E-state index is 12.5. The van der Waals surface area contributed by atoms with Gasteiger partial charge in [0, 0.05) is 6.92 Å². The van der Waals surface area contributed by atoms with E-state index in [1.165, 1.54) is 20.9 Å². The Morgan fingerprint density at radius 3 is 2.55 bits per heavy atom. The third kappa shape index (κ3) is 7.86. The second kappa shape index (κ2) is 13.2. The average Bonchev–Trinajstić information content (AvgIpc) is 3.55. The molecule has 0 atom stereocenters. The third-order valence-corrected chi connectivity index (χ3v) is 6.60. The van der Waals surface area contributed by atoms with Crippen LogP contribution in [-0.4, -0.2) is 70.3 Å². The molecule has 1 aliphatic heterocycles. The first-order chi connectivity index (χ1) is 18.4. The van der Waals surface area contributed by atoms with E-state index in [0.717, 1.165) is 51.7 Å². The number of hydrogen-bond acceptors (Lipinski definition) is 8. The molecule has 1 aliphatic rings. The first-order valence-electron chi connectivity index (χ1n) is 11.5. The Kier molecular flexibility index (Phi) is 9.44. The maximum atomic E-state index is 12.5. The van der Waals surface area contributed by atoms with Crippen molar-refractivity contribution in [2.75, 3.05) is 5.32 Å². The molecule has 1 aromatic heterocycles. The summed E-state index contributed by atoms with van der Waals surface area (Å²) in [7, 11) is 0. The molecule has 0 unspecified atom stereocenters. The van der Waals surface area contributed by atoms with Gasteiger partial charge in [-0.3, -0.25) is 4.79 Å². The summed E-state index contributed by atoms with van der Waals surface area (Å²) < 4.78 is 8.96. The van der Waals surface area contributed by atoms with Gasteiger partial charge in [-0.1, -0.05) is 30.3 Å². The molecule has 0 radical (unpaired) electrons. The van der Waals surface area contributed by atoms with Crippen LogP contribution in [0.15, 0.2) is 89.0 Å². The van der Waals surface area contributed by atoms with Crippen LogP contribution in [-0.2, 0) is 16.2 Å². The number of thioether (sulfide) groups is 1. The predicted molar refractivity (Wildman–Crippen MR) is 147 cm³/mol. The number of carbonyl (C=O) groups excluding carboxylic acids is 1. The number of amidine groups is 1. The van der Waals surface area contributed by atoms with E-state index in [2.05, 4.69) is 38.0 Å². The fraction of sp³-hybridized carbons (Fsp3) is 0.0769. The molecule has 4 aromatic rings. The second-order valence-corrected chi connectivity index (χ2v) is 10.3. The number of carboxylic acids is 1. The average molecular weight is 537 g/mol. The molecule has 38 heavy (non-hydrogen) atoms. The van der Waals surface area contributed by atoms with Crippen molar-refractivity contribution in [2.24, 2.45) is 4.99 Å². The van der Waals surface area contributed by atoms with E-state index >= 15 is 0 Å². The minimum atomic E-state index is -0.833. The number of anilines is 1. The van der Waals surface area contributed by atoms with Crippen molar-refractivity contribution in [1.29, 1.82) is 0 Å². The van der Waals surface area contributed by atoms with Crippen molar-refractivity contribution in [3.05, 3.63) is 95.2 Å². The Hall–Kier alpha value is -3.77. The quantitative estimate of drug-likeness (QED) is 0.282. The number of benzene rings is 3. The monoisotopic (exact) mass is 536 g/mol. The fourth-order valence-corrected chi connectivity index (χ4v) is 4.47. The fourth-order valence-electron chi connectivity index (χ4n) is 3.31. The molecule has 12 heteroatoms. The molecule has 0 saturated carbocycles. The van der Waals surface area contributed by atoms with Crippen LogP contribution in [0.2, 0.25) is 0 Å². The van der Waals surface area contributed by atoms with E-state index in [4.69, 9.17) is 14.6 Å². The van der Waals surface area contributed by atoms with Crippen molar-refractivity contribution < 1.29 is 19.4 Å². The molecule has 2 heterocycles. The normalized spacial score (nSPS) is 13.5. The Labute approximate surface area is 240 Å². The van der Waals surface area contributed by atoms with E-state index in [-0.39, 0.29) is 5.91 Å². The Bertz CT molecular complexity index is 1470. The molecule has 0 spiro atoms. The van der Waals surface area contributed by atoms with E-state index < -0.39 is 5.97 Å². The van der Waals surface area contributed by atoms with Gasteiger partial charge in [-0.2, -0.15) is 4.68 Å². The van der Waals surface area contributed by atoms with Gasteiger partial charge in [-0.25, -0.2) is 0 Å². The molecule has 186 valence electrons. The summed E-state index contributed by atoms with van der Waals surface area (Å²) in [4.78, 5) is 26.2. The number of nitrogens with one attached hydrogen (secondary N) is 1. The molecule has 5 rings (SSSR count). The van der Waals surface area contributed by atoms with Crippen molar-refractivity contribution in [2.45, 2.75) is 13.5 Å². The van der Waals surface area contributed by atoms with Crippen LogP contribution in [0.25, 0.3) is 11.8 Å². The number of aliphatic imine (C=N–C) groups is 1. The van der Waals surface area contributed by atoms with Crippen molar-refractivity contribution in [3.63, 3.8) is 0 Å². The standard InChI is InChI=1S/C24H17N6O2S.C2H4O2.Na/c31-23-22(33-24(27-23)26-19-9-5-2-6-10-19)14-18-11-12-20(30-16-25-28-29-30)21(13-18)32-15-17-7-3-1-4-8-17;1-2(3)4;/h1,3-14,16H,15H2,(H,26,27,31);1H3,(H,3,4);/b22-14+;;. The van der Waals surface area contributed by atoms with Gasteiger partial charge in [0.2, 0.25) is 0 Å². The topological polar surface area (TPSA) is 132 Å². The Balaban J connectivity index is 0.000000786. The Morgan fingerprint density at radius 1 is 1.13 bits per heavy atom. The first-order valence-corrected chi connectivity index (χ1v) is 13.3. The zero-order valence-electron chi connectivity index (χ0n) is 20.6. The number of amides is 1. The number of hydrogen-bond donors (Lipinski definition) is 2.